The van der Waals surface area contributed by atoms with Gasteiger partial charge in [-0.25, -0.2) is 8.78 Å². The van der Waals surface area contributed by atoms with Gasteiger partial charge >= 0.3 is 0 Å². The Morgan fingerprint density at radius 1 is 1.03 bits per heavy atom. The second kappa shape index (κ2) is 10.6. The van der Waals surface area contributed by atoms with Crippen LogP contribution in [0.25, 0.3) is 0 Å². The zero-order chi connectivity index (χ0) is 21.4. The van der Waals surface area contributed by atoms with Gasteiger partial charge in [0.05, 0.1) is 32.9 Å². The minimum atomic E-state index is -0.902. The Morgan fingerprint density at radius 2 is 1.69 bits per heavy atom. The molecule has 0 aliphatic carbocycles. The number of aliphatic imine (C=N–C) groups is 1. The summed E-state index contributed by atoms with van der Waals surface area (Å²) in [5.74, 6) is -0.212. The van der Waals surface area contributed by atoms with Crippen molar-refractivity contribution in [3.05, 3.63) is 59.2 Å². The molecular formula is C21H27F2N3O3. The summed E-state index contributed by atoms with van der Waals surface area (Å²) < 4.78 is 37.1. The van der Waals surface area contributed by atoms with Crippen LogP contribution in [0.2, 0.25) is 0 Å². The number of ether oxygens (including phenoxy) is 2. The summed E-state index contributed by atoms with van der Waals surface area (Å²) in [4.78, 5) is 4.40. The van der Waals surface area contributed by atoms with Crippen molar-refractivity contribution < 1.29 is 23.4 Å². The van der Waals surface area contributed by atoms with Gasteiger partial charge in [-0.3, -0.25) is 4.99 Å². The maximum atomic E-state index is 13.5. The molecule has 2 atom stereocenters. The van der Waals surface area contributed by atoms with E-state index < -0.39 is 17.7 Å². The van der Waals surface area contributed by atoms with Crippen molar-refractivity contribution in [1.82, 2.24) is 10.6 Å². The zero-order valence-corrected chi connectivity index (χ0v) is 17.0. The lowest BCUT2D eigenvalue weighted by Gasteiger charge is -2.19. The molecule has 29 heavy (non-hydrogen) atoms. The normalized spacial score (nSPS) is 13.6. The van der Waals surface area contributed by atoms with E-state index in [1.54, 1.807) is 18.2 Å². The topological polar surface area (TPSA) is 75.1 Å². The van der Waals surface area contributed by atoms with E-state index in [0.29, 0.717) is 35.1 Å². The van der Waals surface area contributed by atoms with Gasteiger partial charge in [-0.1, -0.05) is 6.07 Å². The van der Waals surface area contributed by atoms with Gasteiger partial charge in [0.1, 0.15) is 11.5 Å². The molecule has 0 bridgehead atoms. The van der Waals surface area contributed by atoms with E-state index in [9.17, 15) is 13.9 Å². The third-order valence-electron chi connectivity index (χ3n) is 4.32. The van der Waals surface area contributed by atoms with E-state index in [1.165, 1.54) is 20.3 Å². The minimum absolute atomic E-state index is 0.0795. The number of methoxy groups -OCH3 is 2. The number of hydrogen-bond acceptors (Lipinski definition) is 4. The largest absolute Gasteiger partial charge is 0.497 e. The number of nitrogens with one attached hydrogen (secondary N) is 2. The molecule has 0 aliphatic heterocycles. The van der Waals surface area contributed by atoms with Crippen LogP contribution >= 0.6 is 0 Å². The summed E-state index contributed by atoms with van der Waals surface area (Å²) in [6, 6.07) is 8.57. The van der Waals surface area contributed by atoms with Gasteiger partial charge in [-0.05, 0) is 49.2 Å². The van der Waals surface area contributed by atoms with E-state index in [-0.39, 0.29) is 12.6 Å². The summed E-state index contributed by atoms with van der Waals surface area (Å²) in [6.45, 7) is 4.39. The Morgan fingerprint density at radius 3 is 2.24 bits per heavy atom. The first kappa shape index (κ1) is 22.4. The fourth-order valence-corrected chi connectivity index (χ4v) is 2.70. The number of aliphatic hydroxyl groups excluding tert-OH is 1. The van der Waals surface area contributed by atoms with Crippen LogP contribution < -0.4 is 20.1 Å². The first-order valence-electron chi connectivity index (χ1n) is 9.28. The Balaban J connectivity index is 2.12. The van der Waals surface area contributed by atoms with E-state index in [1.807, 2.05) is 13.8 Å². The molecule has 2 unspecified atom stereocenters. The van der Waals surface area contributed by atoms with Gasteiger partial charge in [0.2, 0.25) is 0 Å². The maximum absolute atomic E-state index is 13.5. The summed E-state index contributed by atoms with van der Waals surface area (Å²) in [6.07, 6.45) is -0.881. The first-order valence-corrected chi connectivity index (χ1v) is 9.28. The molecule has 2 rings (SSSR count). The van der Waals surface area contributed by atoms with E-state index in [2.05, 4.69) is 15.6 Å². The van der Waals surface area contributed by atoms with Crippen LogP contribution in [-0.4, -0.2) is 38.4 Å². The monoisotopic (exact) mass is 407 g/mol. The summed E-state index contributed by atoms with van der Waals surface area (Å²) in [5, 5.41) is 16.7. The highest BCUT2D eigenvalue weighted by Crippen LogP contribution is 2.26. The molecule has 0 spiro atoms. The third-order valence-corrected chi connectivity index (χ3v) is 4.32. The molecule has 0 radical (unpaired) electrons. The van der Waals surface area contributed by atoms with Crippen LogP contribution in [0, 0.1) is 11.6 Å². The van der Waals surface area contributed by atoms with Crippen molar-refractivity contribution >= 4 is 5.96 Å². The molecule has 2 aromatic carbocycles. The predicted molar refractivity (Wildman–Crippen MR) is 108 cm³/mol. The van der Waals surface area contributed by atoms with Crippen molar-refractivity contribution in [1.29, 1.82) is 0 Å². The third kappa shape index (κ3) is 6.32. The van der Waals surface area contributed by atoms with Crippen LogP contribution in [0.15, 0.2) is 41.4 Å². The Bertz CT molecular complexity index is 824. The lowest BCUT2D eigenvalue weighted by atomic mass is 10.1. The average Bonchev–Trinajstić information content (AvgIpc) is 2.73. The van der Waals surface area contributed by atoms with Gasteiger partial charge in [0.25, 0.3) is 0 Å². The number of rotatable bonds is 8. The number of nitrogens with zero attached hydrogens (tertiary/aromatic N) is 1. The number of aliphatic hydroxyl groups is 1. The highest BCUT2D eigenvalue weighted by atomic mass is 19.2. The van der Waals surface area contributed by atoms with Crippen molar-refractivity contribution in [3.8, 4) is 11.5 Å². The number of benzene rings is 2. The molecule has 0 saturated heterocycles. The molecule has 0 amide bonds. The number of hydrogen-bond donors (Lipinski definition) is 3. The molecule has 0 heterocycles. The molecule has 3 N–H and O–H groups in total. The Labute approximate surface area is 169 Å². The second-order valence-corrected chi connectivity index (χ2v) is 6.42. The molecule has 8 heteroatoms. The first-order chi connectivity index (χ1) is 13.9. The van der Waals surface area contributed by atoms with Crippen LogP contribution in [0.3, 0.4) is 0 Å². The van der Waals surface area contributed by atoms with Gasteiger partial charge in [0, 0.05) is 12.6 Å². The lowest BCUT2D eigenvalue weighted by molar-refractivity contribution is 0.186. The highest BCUT2D eigenvalue weighted by Gasteiger charge is 2.14. The van der Waals surface area contributed by atoms with Crippen molar-refractivity contribution in [2.24, 2.45) is 4.99 Å². The maximum Gasteiger partial charge on any atom is 0.191 e. The van der Waals surface area contributed by atoms with E-state index >= 15 is 0 Å². The summed E-state index contributed by atoms with van der Waals surface area (Å²) >= 11 is 0. The van der Waals surface area contributed by atoms with Gasteiger partial charge < -0.3 is 25.2 Å². The standard InChI is InChI=1S/C21H27F2N3O3/c1-5-24-21(26-13(2)14-6-7-18(22)19(23)10-14)25-12-20(27)15-8-16(28-3)11-17(9-15)29-4/h6-11,13,20,27H,5,12H2,1-4H3,(H2,24,25,26). The SMILES string of the molecule is CCNC(=NCC(O)c1cc(OC)cc(OC)c1)NC(C)c1ccc(F)c(F)c1. The quantitative estimate of drug-likeness (QED) is 0.462. The van der Waals surface area contributed by atoms with Crippen LogP contribution in [0.1, 0.15) is 37.1 Å². The second-order valence-electron chi connectivity index (χ2n) is 6.42. The molecule has 0 fully saturated rings. The molecule has 2 aromatic rings. The van der Waals surface area contributed by atoms with Gasteiger partial charge in [-0.15, -0.1) is 0 Å². The van der Waals surface area contributed by atoms with Crippen LogP contribution in [0.5, 0.6) is 11.5 Å². The molecule has 0 saturated carbocycles. The van der Waals surface area contributed by atoms with Crippen molar-refractivity contribution in [3.63, 3.8) is 0 Å². The van der Waals surface area contributed by atoms with Crippen molar-refractivity contribution in [2.45, 2.75) is 26.0 Å². The molecule has 0 aromatic heterocycles. The molecular weight excluding hydrogens is 380 g/mol. The highest BCUT2D eigenvalue weighted by molar-refractivity contribution is 5.80. The molecule has 6 nitrogen and oxygen atoms in total. The molecule has 0 aliphatic rings. The van der Waals surface area contributed by atoms with Gasteiger partial charge in [0.15, 0.2) is 17.6 Å². The number of guanidine groups is 1. The number of halogens is 2. The van der Waals surface area contributed by atoms with Crippen LogP contribution in [-0.2, 0) is 0 Å². The fourth-order valence-electron chi connectivity index (χ4n) is 2.70. The van der Waals surface area contributed by atoms with Crippen molar-refractivity contribution in [2.75, 3.05) is 27.3 Å². The molecule has 158 valence electrons. The Kier molecular flexibility index (Phi) is 8.21. The average molecular weight is 407 g/mol. The zero-order valence-electron chi connectivity index (χ0n) is 17.0. The van der Waals surface area contributed by atoms with Crippen LogP contribution in [0.4, 0.5) is 8.78 Å². The predicted octanol–water partition coefficient (Wildman–Crippen LogP) is 3.33. The van der Waals surface area contributed by atoms with Gasteiger partial charge in [-0.2, -0.15) is 0 Å². The minimum Gasteiger partial charge on any atom is -0.497 e. The summed E-state index contributed by atoms with van der Waals surface area (Å²) in [5.41, 5.74) is 1.18. The van der Waals surface area contributed by atoms with E-state index in [0.717, 1.165) is 12.1 Å². The van der Waals surface area contributed by atoms with E-state index in [4.69, 9.17) is 9.47 Å². The summed E-state index contributed by atoms with van der Waals surface area (Å²) in [7, 11) is 3.08. The Hall–Kier alpha value is -2.87. The smallest absolute Gasteiger partial charge is 0.191 e. The fraction of sp³-hybridized carbons (Fsp3) is 0.381. The lowest BCUT2D eigenvalue weighted by Crippen LogP contribution is -2.39.